The number of unbranched alkanes of at least 4 members (excludes halogenated alkanes) is 5. The lowest BCUT2D eigenvalue weighted by Crippen LogP contribution is -2.20. The lowest BCUT2D eigenvalue weighted by Gasteiger charge is -2.23. The average Bonchev–Trinajstić information content (AvgIpc) is 3.53. The second-order valence-corrected chi connectivity index (χ2v) is 23.1. The van der Waals surface area contributed by atoms with E-state index in [0.29, 0.717) is 36.2 Å². The Labute approximate surface area is 486 Å². The van der Waals surface area contributed by atoms with Crippen molar-refractivity contribution < 1.29 is 47.4 Å². The lowest BCUT2D eigenvalue weighted by atomic mass is 9.98. The number of pyridine rings is 2. The minimum absolute atomic E-state index is 0.233. The predicted octanol–water partition coefficient (Wildman–Crippen LogP) is 13.5. The number of hydrogen-bond donors (Lipinski definition) is 0. The fraction of sp³-hybridized carbons (Fsp3) is 0.493. The maximum absolute atomic E-state index is 6.62. The number of benzene rings is 6. The molecule has 6 aliphatic rings. The molecular weight excluding hydrogens is 1050 g/mol. The molecule has 16 heteroatoms. The first-order chi connectivity index (χ1) is 41.0. The maximum Gasteiger partial charge on any atom is 0.231 e. The first kappa shape index (κ1) is 54.9. The van der Waals surface area contributed by atoms with Crippen molar-refractivity contribution in [2.45, 2.75) is 96.3 Å². The number of hydrogen-bond acceptors (Lipinski definition) is 16. The van der Waals surface area contributed by atoms with E-state index in [0.717, 1.165) is 182 Å². The predicted molar refractivity (Wildman–Crippen MR) is 330 cm³/mol. The molecule has 4 saturated heterocycles. The molecule has 83 heavy (non-hydrogen) atoms. The van der Waals surface area contributed by atoms with Gasteiger partial charge < -0.3 is 67.0 Å². The van der Waals surface area contributed by atoms with Gasteiger partial charge in [-0.1, -0.05) is 12.8 Å². The Morgan fingerprint density at radius 2 is 0.711 bits per heavy atom. The Morgan fingerprint density at radius 1 is 0.361 bits per heavy atom. The Kier molecular flexibility index (Phi) is 16.5. The summed E-state index contributed by atoms with van der Waals surface area (Å²) in [4.78, 5) is 20.7. The summed E-state index contributed by atoms with van der Waals surface area (Å²) in [5.41, 5.74) is 1.82. The molecule has 0 N–H and O–H groups in total. The summed E-state index contributed by atoms with van der Waals surface area (Å²) in [7, 11) is 6.74. The number of methoxy groups -OCH3 is 4. The van der Waals surface area contributed by atoms with E-state index >= 15 is 0 Å². The van der Waals surface area contributed by atoms with Crippen molar-refractivity contribution in [1.29, 1.82) is 0 Å². The van der Waals surface area contributed by atoms with Gasteiger partial charge >= 0.3 is 0 Å². The zero-order valence-corrected chi connectivity index (χ0v) is 49.0. The van der Waals surface area contributed by atoms with Crippen LogP contribution < -0.4 is 57.2 Å². The van der Waals surface area contributed by atoms with E-state index in [2.05, 4.69) is 80.3 Å². The summed E-state index contributed by atoms with van der Waals surface area (Å²) >= 11 is 0. The largest absolute Gasteiger partial charge is 0.493 e. The Morgan fingerprint density at radius 3 is 1.11 bits per heavy atom. The molecule has 0 saturated carbocycles. The summed E-state index contributed by atoms with van der Waals surface area (Å²) in [6.45, 7) is 13.2. The molecule has 0 atom stereocenters. The van der Waals surface area contributed by atoms with Gasteiger partial charge in [-0.25, -0.2) is 9.97 Å². The van der Waals surface area contributed by atoms with E-state index < -0.39 is 0 Å². The van der Waals surface area contributed by atoms with E-state index in [-0.39, 0.29) is 13.6 Å². The van der Waals surface area contributed by atoms with Gasteiger partial charge in [-0.05, 0) is 194 Å². The van der Waals surface area contributed by atoms with Crippen molar-refractivity contribution >= 4 is 76.5 Å². The Balaban J connectivity index is 0.000000155. The van der Waals surface area contributed by atoms with E-state index in [1.165, 1.54) is 90.6 Å². The van der Waals surface area contributed by atoms with Crippen LogP contribution in [0.3, 0.4) is 0 Å². The third kappa shape index (κ3) is 11.2. The quantitative estimate of drug-likeness (QED) is 0.0499. The third-order valence-electron chi connectivity index (χ3n) is 17.9. The standard InChI is InChI=1S/C34H41N3O5.C33H39N3O5/c1-38-27-20-25-26(21-28(27)39-2)34(37-14-8-9-15-37)35-33-24-19-30-29(41-22-42-30)17-23(24)18-31(32(25)33)40-16-10-4-3-5-11-36-12-6-7-13-36;1-37-26-19-24-25(20-27(26)38-2)33(36-13-7-8-14-36)34-32-23-18-29-28(40-21-41-29)16-22(23)17-30(31(24)32)39-15-9-3-4-10-35-11-5-6-12-35/h17-21H,3-16,22H2,1-2H3;16-20H,3-15,21H2,1-2H3. The molecule has 0 unspecified atom stereocenters. The van der Waals surface area contributed by atoms with Gasteiger partial charge in [-0.3, -0.25) is 0 Å². The minimum atomic E-state index is 0.233. The number of nitrogens with zero attached hydrogens (tertiary/aromatic N) is 6. The van der Waals surface area contributed by atoms with Gasteiger partial charge in [0.05, 0.1) is 63.5 Å². The highest BCUT2D eigenvalue weighted by molar-refractivity contribution is 6.23. The van der Waals surface area contributed by atoms with Crippen molar-refractivity contribution in [1.82, 2.24) is 19.8 Å². The van der Waals surface area contributed by atoms with Gasteiger partial charge in [0.25, 0.3) is 0 Å². The maximum atomic E-state index is 6.62. The summed E-state index contributed by atoms with van der Waals surface area (Å²) in [5, 5.41) is 10.3. The molecule has 8 heterocycles. The molecule has 2 aromatic heterocycles. The van der Waals surface area contributed by atoms with Crippen molar-refractivity contribution in [2.75, 3.05) is 130 Å². The molecular formula is C67H80N6O10. The fourth-order valence-electron chi connectivity index (χ4n) is 13.5. The monoisotopic (exact) mass is 1130 g/mol. The van der Waals surface area contributed by atoms with Gasteiger partial charge in [0.1, 0.15) is 23.1 Å². The molecule has 14 rings (SSSR count). The van der Waals surface area contributed by atoms with E-state index in [1.807, 2.05) is 0 Å². The highest BCUT2D eigenvalue weighted by atomic mass is 16.7. The van der Waals surface area contributed by atoms with Crippen LogP contribution in [0.5, 0.6) is 57.5 Å². The topological polar surface area (TPSA) is 131 Å². The zero-order chi connectivity index (χ0) is 56.2. The number of ether oxygens (including phenoxy) is 10. The number of aromatic nitrogens is 2. The van der Waals surface area contributed by atoms with Gasteiger partial charge in [0.2, 0.25) is 13.6 Å². The lowest BCUT2D eigenvalue weighted by molar-refractivity contribution is 0.173. The van der Waals surface area contributed by atoms with Gasteiger partial charge in [-0.2, -0.15) is 0 Å². The van der Waals surface area contributed by atoms with Gasteiger partial charge in [0, 0.05) is 58.5 Å². The Bertz CT molecular complexity index is 3650. The number of rotatable bonds is 21. The molecule has 6 aromatic carbocycles. The minimum Gasteiger partial charge on any atom is -0.493 e. The summed E-state index contributed by atoms with van der Waals surface area (Å²) in [6, 6.07) is 20.8. The van der Waals surface area contributed by atoms with Gasteiger partial charge in [0.15, 0.2) is 46.0 Å². The summed E-state index contributed by atoms with van der Waals surface area (Å²) < 4.78 is 59.3. The van der Waals surface area contributed by atoms with Crippen LogP contribution in [0.1, 0.15) is 96.3 Å². The molecule has 438 valence electrons. The summed E-state index contributed by atoms with van der Waals surface area (Å²) in [5.74, 6) is 9.44. The van der Waals surface area contributed by atoms with E-state index in [1.54, 1.807) is 28.4 Å². The molecule has 0 amide bonds. The second-order valence-electron chi connectivity index (χ2n) is 23.1. The molecule has 0 bridgehead atoms. The van der Waals surface area contributed by atoms with Crippen LogP contribution in [0.25, 0.3) is 64.9 Å². The highest BCUT2D eigenvalue weighted by Gasteiger charge is 2.28. The normalized spacial score (nSPS) is 16.8. The van der Waals surface area contributed by atoms with Crippen LogP contribution >= 0.6 is 0 Å². The van der Waals surface area contributed by atoms with Crippen LogP contribution in [0.4, 0.5) is 11.6 Å². The second kappa shape index (κ2) is 24.9. The Hall–Kier alpha value is -7.30. The van der Waals surface area contributed by atoms with Crippen molar-refractivity contribution in [3.05, 3.63) is 60.7 Å². The zero-order valence-electron chi connectivity index (χ0n) is 49.0. The highest BCUT2D eigenvalue weighted by Crippen LogP contribution is 2.49. The first-order valence-electron chi connectivity index (χ1n) is 30.7. The summed E-state index contributed by atoms with van der Waals surface area (Å²) in [6.07, 6.45) is 18.1. The first-order valence-corrected chi connectivity index (χ1v) is 30.7. The number of likely N-dealkylation sites (tertiary alicyclic amines) is 2. The smallest absolute Gasteiger partial charge is 0.231 e. The average molecular weight is 1130 g/mol. The van der Waals surface area contributed by atoms with Crippen molar-refractivity contribution in [3.8, 4) is 57.5 Å². The van der Waals surface area contributed by atoms with Crippen molar-refractivity contribution in [2.24, 2.45) is 0 Å². The van der Waals surface area contributed by atoms with Crippen LogP contribution in [-0.2, 0) is 0 Å². The molecule has 4 fully saturated rings. The fourth-order valence-corrected chi connectivity index (χ4v) is 13.5. The molecule has 16 nitrogen and oxygen atoms in total. The molecule has 6 aliphatic heterocycles. The SMILES string of the molecule is COc1cc2c(N3CCCC3)nc3c4cc5c(cc4cc(OCCCCCCN4CCCC4)c3c2cc1OC)OCO5.COc1cc2c(N3CCCC3)nc3c4cc5c(cc4cc(OCCCCCN4CCCC4)c3c2cc1OC)OCO5. The van der Waals surface area contributed by atoms with Crippen LogP contribution in [0.2, 0.25) is 0 Å². The molecule has 8 aromatic rings. The van der Waals surface area contributed by atoms with Crippen molar-refractivity contribution in [3.63, 3.8) is 0 Å². The molecule has 0 spiro atoms. The van der Waals surface area contributed by atoms with Crippen LogP contribution in [0.15, 0.2) is 60.7 Å². The number of anilines is 2. The third-order valence-corrected chi connectivity index (χ3v) is 17.9. The van der Waals surface area contributed by atoms with E-state index in [9.17, 15) is 0 Å². The van der Waals surface area contributed by atoms with E-state index in [4.69, 9.17) is 57.3 Å². The van der Waals surface area contributed by atoms with Crippen LogP contribution in [0, 0.1) is 0 Å². The number of fused-ring (bicyclic) bond motifs is 12. The van der Waals surface area contributed by atoms with Crippen LogP contribution in [-0.4, -0.2) is 140 Å². The van der Waals surface area contributed by atoms with Gasteiger partial charge in [-0.15, -0.1) is 0 Å². The molecule has 0 aliphatic carbocycles. The molecule has 0 radical (unpaired) electrons.